The summed E-state index contributed by atoms with van der Waals surface area (Å²) in [5, 5.41) is 17.7. The molecule has 2 N–H and O–H groups in total. The maximum Gasteiger partial charge on any atom is 0.183 e. The molecular formula is C20H28N4O3. The number of aryl methyl sites for hydroxylation is 1. The summed E-state index contributed by atoms with van der Waals surface area (Å²) in [6, 6.07) is 7.97. The summed E-state index contributed by atoms with van der Waals surface area (Å²) >= 11 is 0. The SMILES string of the molecule is CC(=O)c1nn(C)c(-c2ccc(C(C)(C)C)cc2)c1O.CNN=CC(C)=O. The fraction of sp³-hybridized carbons (Fsp3) is 0.400. The molecule has 1 aromatic heterocycles. The van der Waals surface area contributed by atoms with E-state index in [9.17, 15) is 14.7 Å². The van der Waals surface area contributed by atoms with Gasteiger partial charge in [0.2, 0.25) is 0 Å². The van der Waals surface area contributed by atoms with Crippen molar-refractivity contribution in [2.45, 2.75) is 40.0 Å². The molecule has 0 saturated heterocycles. The number of nitrogens with one attached hydrogen (secondary N) is 1. The molecule has 2 rings (SSSR count). The van der Waals surface area contributed by atoms with Crippen LogP contribution in [0.5, 0.6) is 5.75 Å². The normalized spacial score (nSPS) is 11.1. The van der Waals surface area contributed by atoms with E-state index < -0.39 is 0 Å². The summed E-state index contributed by atoms with van der Waals surface area (Å²) in [6.07, 6.45) is 1.22. The second-order valence-corrected chi connectivity index (χ2v) is 7.15. The van der Waals surface area contributed by atoms with Crippen LogP contribution in [0.1, 0.15) is 50.7 Å². The molecule has 0 aliphatic rings. The minimum atomic E-state index is -0.240. The van der Waals surface area contributed by atoms with Gasteiger partial charge in [0.25, 0.3) is 0 Å². The van der Waals surface area contributed by atoms with Gasteiger partial charge in [-0.1, -0.05) is 45.0 Å². The smallest absolute Gasteiger partial charge is 0.183 e. The molecule has 7 nitrogen and oxygen atoms in total. The predicted molar refractivity (Wildman–Crippen MR) is 107 cm³/mol. The molecule has 7 heteroatoms. The van der Waals surface area contributed by atoms with Crippen LogP contribution in [0.4, 0.5) is 0 Å². The topological polar surface area (TPSA) is 96.6 Å². The number of hydrogen-bond acceptors (Lipinski definition) is 6. The number of rotatable bonds is 4. The summed E-state index contributed by atoms with van der Waals surface area (Å²) in [4.78, 5) is 21.4. The van der Waals surface area contributed by atoms with E-state index in [0.717, 1.165) is 5.56 Å². The third-order valence-electron chi connectivity index (χ3n) is 3.76. The number of carbonyl (C=O) groups excluding carboxylic acids is 2. The van der Waals surface area contributed by atoms with Gasteiger partial charge in [0.1, 0.15) is 5.69 Å². The number of nitrogens with zero attached hydrogens (tertiary/aromatic N) is 3. The molecule has 0 saturated carbocycles. The van der Waals surface area contributed by atoms with E-state index in [-0.39, 0.29) is 28.4 Å². The van der Waals surface area contributed by atoms with Crippen molar-refractivity contribution in [2.75, 3.05) is 7.05 Å². The van der Waals surface area contributed by atoms with E-state index in [1.165, 1.54) is 30.3 Å². The van der Waals surface area contributed by atoms with E-state index >= 15 is 0 Å². The zero-order chi connectivity index (χ0) is 20.8. The van der Waals surface area contributed by atoms with Crippen LogP contribution in [0.25, 0.3) is 11.3 Å². The summed E-state index contributed by atoms with van der Waals surface area (Å²) in [5.74, 6) is -0.339. The van der Waals surface area contributed by atoms with E-state index in [1.807, 2.05) is 24.3 Å². The molecule has 0 aliphatic carbocycles. The number of aromatic hydroxyl groups is 1. The summed E-state index contributed by atoms with van der Waals surface area (Å²) in [7, 11) is 3.36. The average molecular weight is 372 g/mol. The Morgan fingerprint density at radius 2 is 1.74 bits per heavy atom. The molecule has 0 unspecified atom stereocenters. The number of hydrazone groups is 1. The quantitative estimate of drug-likeness (QED) is 0.488. The van der Waals surface area contributed by atoms with Crippen LogP contribution in [0.3, 0.4) is 0 Å². The molecule has 0 atom stereocenters. The second kappa shape index (κ2) is 9.12. The lowest BCUT2D eigenvalue weighted by Crippen LogP contribution is -2.10. The summed E-state index contributed by atoms with van der Waals surface area (Å²) in [5.41, 5.74) is 5.27. The van der Waals surface area contributed by atoms with Crippen molar-refractivity contribution < 1.29 is 14.7 Å². The molecule has 0 radical (unpaired) electrons. The van der Waals surface area contributed by atoms with E-state index in [1.54, 1.807) is 14.1 Å². The van der Waals surface area contributed by atoms with Crippen LogP contribution < -0.4 is 5.43 Å². The molecule has 0 bridgehead atoms. The predicted octanol–water partition coefficient (Wildman–Crippen LogP) is 3.07. The lowest BCUT2D eigenvalue weighted by molar-refractivity contribution is -0.110. The molecule has 0 aliphatic heterocycles. The Labute approximate surface area is 160 Å². The zero-order valence-corrected chi connectivity index (χ0v) is 17.0. The lowest BCUT2D eigenvalue weighted by atomic mass is 9.86. The Bertz CT molecular complexity index is 828. The minimum Gasteiger partial charge on any atom is -0.504 e. The third-order valence-corrected chi connectivity index (χ3v) is 3.76. The number of ketones is 2. The fourth-order valence-electron chi connectivity index (χ4n) is 2.36. The molecular weight excluding hydrogens is 344 g/mol. The first-order valence-electron chi connectivity index (χ1n) is 8.57. The Kier molecular flexibility index (Phi) is 7.45. The van der Waals surface area contributed by atoms with Crippen molar-refractivity contribution in [3.05, 3.63) is 35.5 Å². The first-order chi connectivity index (χ1) is 12.5. The highest BCUT2D eigenvalue weighted by atomic mass is 16.3. The number of Topliss-reactive ketones (excluding diaryl/α,β-unsaturated/α-hetero) is 2. The van der Waals surface area contributed by atoms with Gasteiger partial charge in [0, 0.05) is 33.5 Å². The van der Waals surface area contributed by atoms with Gasteiger partial charge in [-0.05, 0) is 11.0 Å². The number of carbonyl (C=O) groups is 2. The number of benzene rings is 1. The zero-order valence-electron chi connectivity index (χ0n) is 17.0. The Balaban J connectivity index is 0.000000445. The first-order valence-corrected chi connectivity index (χ1v) is 8.57. The molecule has 27 heavy (non-hydrogen) atoms. The molecule has 1 aromatic carbocycles. The standard InChI is InChI=1S/C16H20N2O2.C4H8N2O/c1-10(19)13-15(20)14(18(5)17-13)11-6-8-12(9-7-11)16(2,3)4;1-4(7)3-6-5-2/h6-9,20H,1-5H3;3,5H,1-2H3. The Morgan fingerprint density at radius 1 is 1.19 bits per heavy atom. The fourth-order valence-corrected chi connectivity index (χ4v) is 2.36. The van der Waals surface area contributed by atoms with Gasteiger partial charge in [0.15, 0.2) is 23.0 Å². The van der Waals surface area contributed by atoms with Gasteiger partial charge in [-0.15, -0.1) is 0 Å². The van der Waals surface area contributed by atoms with Crippen LogP contribution in [0.2, 0.25) is 0 Å². The van der Waals surface area contributed by atoms with Gasteiger partial charge in [-0.2, -0.15) is 10.2 Å². The maximum atomic E-state index is 11.4. The van der Waals surface area contributed by atoms with Crippen LogP contribution in [0.15, 0.2) is 29.4 Å². The first kappa shape index (κ1) is 22.1. The molecule has 0 amide bonds. The highest BCUT2D eigenvalue weighted by Crippen LogP contribution is 2.33. The lowest BCUT2D eigenvalue weighted by Gasteiger charge is -2.19. The monoisotopic (exact) mass is 372 g/mol. The number of hydrogen-bond donors (Lipinski definition) is 2. The van der Waals surface area contributed by atoms with Crippen molar-refractivity contribution in [3.8, 4) is 17.0 Å². The average Bonchev–Trinajstić information content (AvgIpc) is 2.87. The third kappa shape index (κ3) is 6.06. The van der Waals surface area contributed by atoms with Gasteiger partial charge < -0.3 is 10.5 Å². The molecule has 0 fully saturated rings. The molecule has 2 aromatic rings. The largest absolute Gasteiger partial charge is 0.504 e. The van der Waals surface area contributed by atoms with Crippen LogP contribution in [-0.2, 0) is 17.3 Å². The van der Waals surface area contributed by atoms with E-state index in [4.69, 9.17) is 0 Å². The van der Waals surface area contributed by atoms with Crippen LogP contribution >= 0.6 is 0 Å². The van der Waals surface area contributed by atoms with Crippen molar-refractivity contribution in [1.29, 1.82) is 0 Å². The molecule has 0 spiro atoms. The van der Waals surface area contributed by atoms with Crippen LogP contribution in [-0.4, -0.2) is 39.7 Å². The van der Waals surface area contributed by atoms with Crippen molar-refractivity contribution in [1.82, 2.24) is 15.2 Å². The van der Waals surface area contributed by atoms with Gasteiger partial charge in [-0.25, -0.2) is 0 Å². The van der Waals surface area contributed by atoms with E-state index in [0.29, 0.717) is 5.69 Å². The molecule has 1 heterocycles. The van der Waals surface area contributed by atoms with Gasteiger partial charge in [0.05, 0.1) is 6.21 Å². The van der Waals surface area contributed by atoms with Crippen molar-refractivity contribution in [2.24, 2.45) is 12.1 Å². The number of aromatic nitrogens is 2. The highest BCUT2D eigenvalue weighted by molar-refractivity contribution is 6.26. The summed E-state index contributed by atoms with van der Waals surface area (Å²) in [6.45, 7) is 9.29. The van der Waals surface area contributed by atoms with Gasteiger partial charge in [-0.3, -0.25) is 14.3 Å². The second-order valence-electron chi connectivity index (χ2n) is 7.15. The maximum absolute atomic E-state index is 11.4. The minimum absolute atomic E-state index is 0.0469. The van der Waals surface area contributed by atoms with Crippen LogP contribution in [0, 0.1) is 0 Å². The highest BCUT2D eigenvalue weighted by Gasteiger charge is 2.20. The summed E-state index contributed by atoms with van der Waals surface area (Å²) < 4.78 is 1.54. The van der Waals surface area contributed by atoms with E-state index in [2.05, 4.69) is 36.4 Å². The molecule has 146 valence electrons. The Hall–Kier alpha value is -2.96. The Morgan fingerprint density at radius 3 is 2.07 bits per heavy atom. The van der Waals surface area contributed by atoms with Gasteiger partial charge >= 0.3 is 0 Å². The van der Waals surface area contributed by atoms with Crippen molar-refractivity contribution >= 4 is 17.8 Å². The van der Waals surface area contributed by atoms with Crippen molar-refractivity contribution in [3.63, 3.8) is 0 Å².